The van der Waals surface area contributed by atoms with Gasteiger partial charge in [0.1, 0.15) is 11.6 Å². The van der Waals surface area contributed by atoms with E-state index in [-0.39, 0.29) is 24.8 Å². The number of carbonyl (C=O) groups is 2. The van der Waals surface area contributed by atoms with Gasteiger partial charge in [0.2, 0.25) is 11.8 Å². The summed E-state index contributed by atoms with van der Waals surface area (Å²) in [6, 6.07) is 11.7. The number of methoxy groups -OCH3 is 1. The van der Waals surface area contributed by atoms with Crippen molar-refractivity contribution in [2.24, 2.45) is 5.92 Å². The lowest BCUT2D eigenvalue weighted by Gasteiger charge is -2.30. The minimum absolute atomic E-state index is 0.109. The number of para-hydroxylation sites is 2. The Kier molecular flexibility index (Phi) is 5.88. The third-order valence-electron chi connectivity index (χ3n) is 5.79. The molecule has 2 aliphatic rings. The second kappa shape index (κ2) is 8.73. The predicted molar refractivity (Wildman–Crippen MR) is 115 cm³/mol. The number of piperidine rings is 1. The summed E-state index contributed by atoms with van der Waals surface area (Å²) >= 11 is 0. The molecule has 0 aromatic heterocycles. The first-order valence-electron chi connectivity index (χ1n) is 10.4. The second-order valence-electron chi connectivity index (χ2n) is 7.78. The maximum absolute atomic E-state index is 13.9. The van der Waals surface area contributed by atoms with Gasteiger partial charge in [-0.3, -0.25) is 9.59 Å². The summed E-state index contributed by atoms with van der Waals surface area (Å²) in [6.45, 7) is 2.04. The highest BCUT2D eigenvalue weighted by Crippen LogP contribution is 2.34. The first-order chi connectivity index (χ1) is 14.6. The lowest BCUT2D eigenvalue weighted by Crippen LogP contribution is -2.32. The minimum Gasteiger partial charge on any atom is -0.495 e. The standard InChI is InChI=1S/C23H26FN3O3/c1-30-21-8-4-3-7-20(21)27-15-16(13-22(27)28)23(29)25-18-14-17(24)9-10-19(18)26-11-5-2-6-12-26/h3-4,7-10,14,16H,2,5-6,11-13,15H2,1H3,(H,25,29). The van der Waals surface area contributed by atoms with Crippen molar-refractivity contribution in [3.8, 4) is 5.75 Å². The number of nitrogens with one attached hydrogen (secondary N) is 1. The molecule has 2 heterocycles. The third kappa shape index (κ3) is 4.10. The molecule has 1 atom stereocenters. The molecule has 2 fully saturated rings. The van der Waals surface area contributed by atoms with Crippen LogP contribution in [0, 0.1) is 11.7 Å². The second-order valence-corrected chi connectivity index (χ2v) is 7.78. The number of benzene rings is 2. The Morgan fingerprint density at radius 1 is 1.10 bits per heavy atom. The molecule has 1 unspecified atom stereocenters. The number of nitrogens with zero attached hydrogens (tertiary/aromatic N) is 2. The van der Waals surface area contributed by atoms with E-state index < -0.39 is 11.7 Å². The smallest absolute Gasteiger partial charge is 0.229 e. The topological polar surface area (TPSA) is 61.9 Å². The van der Waals surface area contributed by atoms with Gasteiger partial charge in [-0.05, 0) is 49.6 Å². The number of ether oxygens (including phenoxy) is 1. The molecule has 2 aliphatic heterocycles. The number of hydrogen-bond donors (Lipinski definition) is 1. The Hall–Kier alpha value is -3.09. The molecule has 1 N–H and O–H groups in total. The zero-order valence-corrected chi connectivity index (χ0v) is 17.1. The number of amides is 2. The van der Waals surface area contributed by atoms with E-state index in [0.717, 1.165) is 31.6 Å². The Morgan fingerprint density at radius 3 is 2.63 bits per heavy atom. The molecule has 4 rings (SSSR count). The molecule has 0 aliphatic carbocycles. The number of halogens is 1. The van der Waals surface area contributed by atoms with Crippen LogP contribution in [-0.4, -0.2) is 38.6 Å². The average molecular weight is 411 g/mol. The van der Waals surface area contributed by atoms with E-state index in [4.69, 9.17) is 4.74 Å². The molecular formula is C23H26FN3O3. The average Bonchev–Trinajstić information content (AvgIpc) is 3.16. The molecule has 0 bridgehead atoms. The van der Waals surface area contributed by atoms with E-state index in [9.17, 15) is 14.0 Å². The molecule has 0 spiro atoms. The maximum atomic E-state index is 13.9. The highest BCUT2D eigenvalue weighted by atomic mass is 19.1. The number of carbonyl (C=O) groups excluding carboxylic acids is 2. The van der Waals surface area contributed by atoms with Crippen LogP contribution in [0.3, 0.4) is 0 Å². The minimum atomic E-state index is -0.514. The van der Waals surface area contributed by atoms with Crippen LogP contribution in [0.15, 0.2) is 42.5 Å². The summed E-state index contributed by atoms with van der Waals surface area (Å²) in [6.07, 6.45) is 3.45. The highest BCUT2D eigenvalue weighted by Gasteiger charge is 2.36. The van der Waals surface area contributed by atoms with Crippen molar-refractivity contribution in [2.45, 2.75) is 25.7 Å². The van der Waals surface area contributed by atoms with E-state index in [0.29, 0.717) is 17.1 Å². The van der Waals surface area contributed by atoms with E-state index in [1.54, 1.807) is 30.2 Å². The zero-order valence-electron chi connectivity index (χ0n) is 17.1. The maximum Gasteiger partial charge on any atom is 0.229 e. The van der Waals surface area contributed by atoms with Crippen molar-refractivity contribution in [1.82, 2.24) is 0 Å². The highest BCUT2D eigenvalue weighted by molar-refractivity contribution is 6.05. The van der Waals surface area contributed by atoms with Crippen molar-refractivity contribution >= 4 is 28.9 Å². The fourth-order valence-electron chi connectivity index (χ4n) is 4.22. The van der Waals surface area contributed by atoms with Crippen LogP contribution in [0.25, 0.3) is 0 Å². The summed E-state index contributed by atoms with van der Waals surface area (Å²) in [5.41, 5.74) is 1.94. The van der Waals surface area contributed by atoms with Crippen LogP contribution < -0.4 is 19.9 Å². The van der Waals surface area contributed by atoms with E-state index >= 15 is 0 Å². The number of anilines is 3. The number of hydrogen-bond acceptors (Lipinski definition) is 4. The molecular weight excluding hydrogens is 385 g/mol. The van der Waals surface area contributed by atoms with E-state index in [1.165, 1.54) is 18.6 Å². The Morgan fingerprint density at radius 2 is 1.87 bits per heavy atom. The normalized spacial score (nSPS) is 19.1. The van der Waals surface area contributed by atoms with Gasteiger partial charge in [0.15, 0.2) is 0 Å². The Bertz CT molecular complexity index is 943. The van der Waals surface area contributed by atoms with Gasteiger partial charge in [-0.1, -0.05) is 12.1 Å². The fraction of sp³-hybridized carbons (Fsp3) is 0.391. The lowest BCUT2D eigenvalue weighted by atomic mass is 10.1. The molecule has 158 valence electrons. The summed E-state index contributed by atoms with van der Waals surface area (Å²) in [4.78, 5) is 29.3. The van der Waals surface area contributed by atoms with Crippen molar-refractivity contribution < 1.29 is 18.7 Å². The molecule has 30 heavy (non-hydrogen) atoms. The fourth-order valence-corrected chi connectivity index (χ4v) is 4.22. The number of rotatable bonds is 5. The van der Waals surface area contributed by atoms with Crippen molar-refractivity contribution in [2.75, 3.05) is 41.9 Å². The largest absolute Gasteiger partial charge is 0.495 e. The van der Waals surface area contributed by atoms with Crippen molar-refractivity contribution in [1.29, 1.82) is 0 Å². The van der Waals surface area contributed by atoms with Gasteiger partial charge in [0.05, 0.1) is 30.1 Å². The van der Waals surface area contributed by atoms with E-state index in [2.05, 4.69) is 10.2 Å². The Balaban J connectivity index is 1.51. The van der Waals surface area contributed by atoms with Crippen LogP contribution in [0.4, 0.5) is 21.5 Å². The molecule has 0 radical (unpaired) electrons. The van der Waals surface area contributed by atoms with Crippen LogP contribution in [0.2, 0.25) is 0 Å². The van der Waals surface area contributed by atoms with Crippen LogP contribution in [-0.2, 0) is 9.59 Å². The monoisotopic (exact) mass is 411 g/mol. The molecule has 2 aromatic carbocycles. The predicted octanol–water partition coefficient (Wildman–Crippen LogP) is 3.82. The summed E-state index contributed by atoms with van der Waals surface area (Å²) < 4.78 is 19.3. The summed E-state index contributed by atoms with van der Waals surface area (Å²) in [7, 11) is 1.55. The molecule has 6 nitrogen and oxygen atoms in total. The van der Waals surface area contributed by atoms with Gasteiger partial charge in [-0.2, -0.15) is 0 Å². The van der Waals surface area contributed by atoms with Crippen LogP contribution >= 0.6 is 0 Å². The first kappa shape index (κ1) is 20.2. The lowest BCUT2D eigenvalue weighted by molar-refractivity contribution is -0.122. The van der Waals surface area contributed by atoms with Gasteiger partial charge >= 0.3 is 0 Å². The van der Waals surface area contributed by atoms with Gasteiger partial charge < -0.3 is 19.9 Å². The van der Waals surface area contributed by atoms with Gasteiger partial charge in [0, 0.05) is 26.1 Å². The third-order valence-corrected chi connectivity index (χ3v) is 5.79. The van der Waals surface area contributed by atoms with Crippen molar-refractivity contribution in [3.05, 3.63) is 48.3 Å². The van der Waals surface area contributed by atoms with Crippen molar-refractivity contribution in [3.63, 3.8) is 0 Å². The van der Waals surface area contributed by atoms with Gasteiger partial charge in [-0.15, -0.1) is 0 Å². The van der Waals surface area contributed by atoms with Gasteiger partial charge in [-0.25, -0.2) is 4.39 Å². The summed E-state index contributed by atoms with van der Waals surface area (Å²) in [5.74, 6) is -0.728. The van der Waals surface area contributed by atoms with Crippen LogP contribution in [0.1, 0.15) is 25.7 Å². The quantitative estimate of drug-likeness (QED) is 0.813. The SMILES string of the molecule is COc1ccccc1N1CC(C(=O)Nc2cc(F)ccc2N2CCCCC2)CC1=O. The molecule has 2 saturated heterocycles. The Labute approximate surface area is 175 Å². The first-order valence-corrected chi connectivity index (χ1v) is 10.4. The molecule has 0 saturated carbocycles. The van der Waals surface area contributed by atoms with Gasteiger partial charge in [0.25, 0.3) is 0 Å². The molecule has 7 heteroatoms. The zero-order chi connectivity index (χ0) is 21.1. The summed E-state index contributed by atoms with van der Waals surface area (Å²) in [5, 5.41) is 2.88. The van der Waals surface area contributed by atoms with Crippen LogP contribution in [0.5, 0.6) is 5.75 Å². The molecule has 2 aromatic rings. The molecule has 2 amide bonds. The van der Waals surface area contributed by atoms with E-state index in [1.807, 2.05) is 12.1 Å².